The van der Waals surface area contributed by atoms with Gasteiger partial charge >= 0.3 is 0 Å². The highest BCUT2D eigenvalue weighted by atomic mass is 16.5. The number of anilines is 1. The smallest absolute Gasteiger partial charge is 0.300 e. The molecular formula is C24H21NO5. The average Bonchev–Trinajstić information content (AvgIpc) is 3.29. The summed E-state index contributed by atoms with van der Waals surface area (Å²) >= 11 is 0. The minimum Gasteiger partial charge on any atom is -0.507 e. The molecule has 2 heterocycles. The molecule has 1 amide bonds. The molecule has 0 saturated carbocycles. The molecule has 6 nitrogen and oxygen atoms in total. The number of para-hydroxylation sites is 1. The van der Waals surface area contributed by atoms with Gasteiger partial charge in [0.2, 0.25) is 0 Å². The van der Waals surface area contributed by atoms with E-state index in [-0.39, 0.29) is 11.3 Å². The van der Waals surface area contributed by atoms with Crippen LogP contribution in [0.3, 0.4) is 0 Å². The molecule has 1 aliphatic rings. The lowest BCUT2D eigenvalue weighted by Gasteiger charge is -2.23. The summed E-state index contributed by atoms with van der Waals surface area (Å²) in [5.74, 6) is -0.0201. The highest BCUT2D eigenvalue weighted by Gasteiger charge is 2.48. The van der Waals surface area contributed by atoms with Gasteiger partial charge in [0.1, 0.15) is 29.1 Å². The van der Waals surface area contributed by atoms with Crippen molar-refractivity contribution in [2.24, 2.45) is 0 Å². The molecule has 1 N–H and O–H groups in total. The Labute approximate surface area is 174 Å². The van der Waals surface area contributed by atoms with Crippen molar-refractivity contribution in [1.82, 2.24) is 0 Å². The highest BCUT2D eigenvalue weighted by Crippen LogP contribution is 2.42. The number of benzene rings is 2. The number of ketones is 1. The van der Waals surface area contributed by atoms with E-state index in [2.05, 4.69) is 0 Å². The van der Waals surface area contributed by atoms with Gasteiger partial charge in [-0.2, -0.15) is 0 Å². The van der Waals surface area contributed by atoms with E-state index in [1.54, 1.807) is 68.6 Å². The van der Waals surface area contributed by atoms with Crippen LogP contribution in [-0.2, 0) is 9.59 Å². The first kappa shape index (κ1) is 19.5. The van der Waals surface area contributed by atoms with Crippen LogP contribution in [0.2, 0.25) is 0 Å². The zero-order chi connectivity index (χ0) is 21.4. The number of nitrogens with zero attached hydrogens (tertiary/aromatic N) is 1. The number of amides is 1. The first-order valence-electron chi connectivity index (χ1n) is 9.49. The molecule has 0 bridgehead atoms. The Bertz CT molecular complexity index is 1160. The molecule has 152 valence electrons. The van der Waals surface area contributed by atoms with E-state index >= 15 is 0 Å². The Balaban J connectivity index is 1.92. The Morgan fingerprint density at radius 3 is 2.37 bits per heavy atom. The van der Waals surface area contributed by atoms with Crippen LogP contribution < -0.4 is 9.64 Å². The molecule has 1 saturated heterocycles. The number of aryl methyl sites for hydroxylation is 2. The van der Waals surface area contributed by atoms with Crippen molar-refractivity contribution < 1.29 is 23.8 Å². The van der Waals surface area contributed by atoms with Gasteiger partial charge in [-0.3, -0.25) is 14.5 Å². The third-order valence-electron chi connectivity index (χ3n) is 5.18. The number of hydrogen-bond donors (Lipinski definition) is 1. The Morgan fingerprint density at radius 2 is 1.77 bits per heavy atom. The Kier molecular flexibility index (Phi) is 4.91. The van der Waals surface area contributed by atoms with Crippen LogP contribution in [0.25, 0.3) is 5.76 Å². The lowest BCUT2D eigenvalue weighted by atomic mass is 9.98. The fourth-order valence-corrected chi connectivity index (χ4v) is 3.74. The number of carbonyl (C=O) groups is 2. The van der Waals surface area contributed by atoms with Crippen molar-refractivity contribution >= 4 is 23.1 Å². The average molecular weight is 403 g/mol. The van der Waals surface area contributed by atoms with Crippen LogP contribution in [-0.4, -0.2) is 23.9 Å². The minimum absolute atomic E-state index is 0.0113. The van der Waals surface area contributed by atoms with Crippen molar-refractivity contribution in [2.45, 2.75) is 19.9 Å². The highest BCUT2D eigenvalue weighted by molar-refractivity contribution is 6.51. The maximum atomic E-state index is 13.0. The van der Waals surface area contributed by atoms with Crippen LogP contribution in [0, 0.1) is 13.8 Å². The van der Waals surface area contributed by atoms with Crippen LogP contribution in [0.15, 0.2) is 70.7 Å². The normalized spacial score (nSPS) is 18.1. The number of furan rings is 1. The van der Waals surface area contributed by atoms with Crippen molar-refractivity contribution in [3.63, 3.8) is 0 Å². The van der Waals surface area contributed by atoms with E-state index in [0.29, 0.717) is 28.5 Å². The number of aliphatic hydroxyl groups is 1. The fraction of sp³-hybridized carbons (Fsp3) is 0.167. The second-order valence-corrected chi connectivity index (χ2v) is 7.14. The monoisotopic (exact) mass is 403 g/mol. The SMILES string of the molecule is COc1ccc(/C(O)=C2/C(=O)C(=O)N(c3ccccc3)C2c2ccc(C)o2)cc1C. The third-order valence-corrected chi connectivity index (χ3v) is 5.18. The van der Waals surface area contributed by atoms with Crippen LogP contribution in [0.4, 0.5) is 5.69 Å². The quantitative estimate of drug-likeness (QED) is 0.393. The molecule has 2 aromatic carbocycles. The second-order valence-electron chi connectivity index (χ2n) is 7.14. The van der Waals surface area contributed by atoms with Gasteiger partial charge in [-0.05, 0) is 61.9 Å². The number of carbonyl (C=O) groups excluding carboxylic acids is 2. The molecule has 1 aliphatic heterocycles. The van der Waals surface area contributed by atoms with Crippen molar-refractivity contribution in [3.05, 3.63) is 88.9 Å². The maximum absolute atomic E-state index is 13.0. The first-order valence-corrected chi connectivity index (χ1v) is 9.49. The largest absolute Gasteiger partial charge is 0.507 e. The molecular weight excluding hydrogens is 382 g/mol. The Hall–Kier alpha value is -3.80. The lowest BCUT2D eigenvalue weighted by molar-refractivity contribution is -0.132. The summed E-state index contributed by atoms with van der Waals surface area (Å²) in [4.78, 5) is 27.4. The molecule has 3 aromatic rings. The topological polar surface area (TPSA) is 80.0 Å². The molecule has 30 heavy (non-hydrogen) atoms. The molecule has 0 spiro atoms. The number of rotatable bonds is 4. The predicted molar refractivity (Wildman–Crippen MR) is 112 cm³/mol. The fourth-order valence-electron chi connectivity index (χ4n) is 3.74. The van der Waals surface area contributed by atoms with E-state index < -0.39 is 17.7 Å². The second kappa shape index (κ2) is 7.55. The molecule has 1 fully saturated rings. The number of Topliss-reactive ketones (excluding diaryl/α,β-unsaturated/α-hetero) is 1. The summed E-state index contributed by atoms with van der Waals surface area (Å²) < 4.78 is 11.1. The molecule has 6 heteroatoms. The summed E-state index contributed by atoms with van der Waals surface area (Å²) in [7, 11) is 1.56. The van der Waals surface area contributed by atoms with Gasteiger partial charge in [0.15, 0.2) is 0 Å². The Morgan fingerprint density at radius 1 is 1.03 bits per heavy atom. The van der Waals surface area contributed by atoms with E-state index in [4.69, 9.17) is 9.15 Å². The van der Waals surface area contributed by atoms with Gasteiger partial charge in [-0.15, -0.1) is 0 Å². The standard InChI is InChI=1S/C24H21NO5/c1-14-13-16(10-12-18(14)29-3)22(26)20-21(19-11-9-15(2)30-19)25(24(28)23(20)27)17-7-5-4-6-8-17/h4-13,21,26H,1-3H3/b22-20-. The van der Waals surface area contributed by atoms with E-state index in [1.807, 2.05) is 13.0 Å². The summed E-state index contributed by atoms with van der Waals surface area (Å²) in [5, 5.41) is 11.1. The van der Waals surface area contributed by atoms with Gasteiger partial charge in [0.25, 0.3) is 11.7 Å². The van der Waals surface area contributed by atoms with Gasteiger partial charge < -0.3 is 14.3 Å². The number of hydrogen-bond acceptors (Lipinski definition) is 5. The van der Waals surface area contributed by atoms with Gasteiger partial charge in [-0.25, -0.2) is 0 Å². The zero-order valence-corrected chi connectivity index (χ0v) is 16.9. The molecule has 1 atom stereocenters. The zero-order valence-electron chi connectivity index (χ0n) is 16.9. The van der Waals surface area contributed by atoms with Crippen LogP contribution >= 0.6 is 0 Å². The molecule has 0 aliphatic carbocycles. The van der Waals surface area contributed by atoms with Crippen molar-refractivity contribution in [3.8, 4) is 5.75 Å². The molecule has 1 aromatic heterocycles. The molecule has 4 rings (SSSR count). The third kappa shape index (κ3) is 3.16. The molecule has 0 radical (unpaired) electrons. The van der Waals surface area contributed by atoms with E-state index in [1.165, 1.54) is 4.90 Å². The van der Waals surface area contributed by atoms with Gasteiger partial charge in [0.05, 0.1) is 12.7 Å². The van der Waals surface area contributed by atoms with E-state index in [0.717, 1.165) is 5.56 Å². The minimum atomic E-state index is -0.872. The van der Waals surface area contributed by atoms with Crippen LogP contribution in [0.5, 0.6) is 5.75 Å². The van der Waals surface area contributed by atoms with E-state index in [9.17, 15) is 14.7 Å². The predicted octanol–water partition coefficient (Wildman–Crippen LogP) is 4.53. The van der Waals surface area contributed by atoms with Crippen molar-refractivity contribution in [2.75, 3.05) is 12.0 Å². The van der Waals surface area contributed by atoms with Crippen LogP contribution in [0.1, 0.15) is 28.7 Å². The van der Waals surface area contributed by atoms with Gasteiger partial charge in [-0.1, -0.05) is 18.2 Å². The summed E-state index contributed by atoms with van der Waals surface area (Å²) in [6.45, 7) is 3.62. The summed E-state index contributed by atoms with van der Waals surface area (Å²) in [5.41, 5.74) is 1.75. The summed E-state index contributed by atoms with van der Waals surface area (Å²) in [6, 6.07) is 16.6. The summed E-state index contributed by atoms with van der Waals surface area (Å²) in [6.07, 6.45) is 0. The first-order chi connectivity index (χ1) is 14.4. The van der Waals surface area contributed by atoms with Gasteiger partial charge in [0, 0.05) is 11.3 Å². The number of methoxy groups -OCH3 is 1. The maximum Gasteiger partial charge on any atom is 0.300 e. The lowest BCUT2D eigenvalue weighted by Crippen LogP contribution is -2.29. The molecule has 1 unspecified atom stereocenters. The number of aliphatic hydroxyl groups excluding tert-OH is 1. The van der Waals surface area contributed by atoms with Crippen molar-refractivity contribution in [1.29, 1.82) is 0 Å². The number of ether oxygens (including phenoxy) is 1.